The molecule has 0 aliphatic rings. The highest BCUT2D eigenvalue weighted by atomic mass is 19.4. The highest BCUT2D eigenvalue weighted by Gasteiger charge is 2.47. The van der Waals surface area contributed by atoms with Gasteiger partial charge >= 0.3 is 55.4 Å². The minimum atomic E-state index is -6.13. The Bertz CT molecular complexity index is 2910. The van der Waals surface area contributed by atoms with Crippen molar-refractivity contribution in [2.24, 2.45) is 0 Å². The fourth-order valence-corrected chi connectivity index (χ4v) is 8.65. The fourth-order valence-electron chi connectivity index (χ4n) is 8.65. The molecular formula is C51H30BF24NO2. The molecule has 0 amide bonds. The third-order valence-corrected chi connectivity index (χ3v) is 12.0. The molecule has 0 bridgehead atoms. The number of carbonyl (C=O) groups is 1. The normalized spacial score (nSPS) is 13.3. The number of benzene rings is 6. The average Bonchev–Trinajstić information content (AvgIpc) is 3.49. The minimum Gasteiger partial charge on any atom is -0.458 e. The molecule has 28 heteroatoms. The van der Waals surface area contributed by atoms with E-state index in [0.717, 1.165) is 16.5 Å². The van der Waals surface area contributed by atoms with E-state index in [0.29, 0.717) is 18.8 Å². The highest BCUT2D eigenvalue weighted by Crippen LogP contribution is 2.41. The van der Waals surface area contributed by atoms with Crippen LogP contribution in [-0.4, -0.2) is 18.7 Å². The van der Waals surface area contributed by atoms with Crippen LogP contribution in [0.3, 0.4) is 0 Å². The Balaban J connectivity index is 0.000000378. The van der Waals surface area contributed by atoms with Crippen molar-refractivity contribution in [3.63, 3.8) is 0 Å². The lowest BCUT2D eigenvalue weighted by atomic mass is 9.12. The first-order valence-electron chi connectivity index (χ1n) is 22.0. The quantitative estimate of drug-likeness (QED) is 0.0657. The Morgan fingerprint density at radius 1 is 0.380 bits per heavy atom. The first-order valence-corrected chi connectivity index (χ1v) is 22.0. The monoisotopic (exact) mass is 1160 g/mol. The van der Waals surface area contributed by atoms with Crippen LogP contribution >= 0.6 is 0 Å². The Labute approximate surface area is 428 Å². The van der Waals surface area contributed by atoms with Crippen LogP contribution in [0, 0.1) is 0 Å². The molecule has 3 nitrogen and oxygen atoms in total. The largest absolute Gasteiger partial charge is 0.458 e. The van der Waals surface area contributed by atoms with Crippen LogP contribution in [0.25, 0.3) is 10.9 Å². The molecule has 1 heterocycles. The van der Waals surface area contributed by atoms with Crippen molar-refractivity contribution in [2.75, 3.05) is 6.61 Å². The maximum Gasteiger partial charge on any atom is 0.416 e. The van der Waals surface area contributed by atoms with Gasteiger partial charge in [0.15, 0.2) is 6.54 Å². The SMILES string of the molecule is CCOC(=O)c1ccc2ccccc2[n+]1Cc1ccccc1.FC(F)(F)c1cc([B-](c2cc(C(F)(F)F)cc(C(F)(F)F)c2)(c2cc(C(F)(F)F)cc(C(F)(F)F)c2)c2cc(C(F)(F)F)cc(C(F)(F)F)c2)cc(C(F)(F)F)c1. The van der Waals surface area contributed by atoms with Crippen molar-refractivity contribution in [1.82, 2.24) is 0 Å². The lowest BCUT2D eigenvalue weighted by molar-refractivity contribution is -0.665. The number of alkyl halides is 24. The van der Waals surface area contributed by atoms with Gasteiger partial charge in [0.25, 0.3) is 5.69 Å². The average molecular weight is 1160 g/mol. The summed E-state index contributed by atoms with van der Waals surface area (Å²) in [6, 6.07) is 13.2. The number of carbonyl (C=O) groups excluding carboxylic acids is 1. The van der Waals surface area contributed by atoms with Gasteiger partial charge in [-0.3, -0.25) is 0 Å². The van der Waals surface area contributed by atoms with Gasteiger partial charge in [-0.15, -0.1) is 0 Å². The van der Waals surface area contributed by atoms with Gasteiger partial charge in [-0.05, 0) is 43.3 Å². The molecule has 0 atom stereocenters. The Morgan fingerprint density at radius 3 is 0.937 bits per heavy atom. The molecule has 0 unspecified atom stereocenters. The van der Waals surface area contributed by atoms with E-state index in [-0.39, 0.29) is 5.97 Å². The van der Waals surface area contributed by atoms with Crippen LogP contribution in [0.5, 0.6) is 0 Å². The Morgan fingerprint density at radius 2 is 0.658 bits per heavy atom. The van der Waals surface area contributed by atoms with Crippen molar-refractivity contribution in [3.05, 3.63) is 195 Å². The Hall–Kier alpha value is -7.42. The molecule has 1 aromatic heterocycles. The second-order valence-electron chi connectivity index (χ2n) is 17.3. The summed E-state index contributed by atoms with van der Waals surface area (Å²) >= 11 is 0. The molecule has 0 radical (unpaired) electrons. The fraction of sp³-hybridized carbons (Fsp3) is 0.216. The van der Waals surface area contributed by atoms with Crippen LogP contribution in [-0.2, 0) is 60.7 Å². The van der Waals surface area contributed by atoms with E-state index < -0.39 is 195 Å². The van der Waals surface area contributed by atoms with Gasteiger partial charge in [-0.25, -0.2) is 4.79 Å². The molecule has 0 saturated carbocycles. The van der Waals surface area contributed by atoms with E-state index in [2.05, 4.69) is 12.1 Å². The molecule has 0 fully saturated rings. The van der Waals surface area contributed by atoms with Gasteiger partial charge in [0.1, 0.15) is 6.15 Å². The number of halogens is 24. The van der Waals surface area contributed by atoms with Gasteiger partial charge < -0.3 is 4.74 Å². The van der Waals surface area contributed by atoms with E-state index in [1.54, 1.807) is 0 Å². The number of pyridine rings is 1. The molecule has 0 aliphatic heterocycles. The van der Waals surface area contributed by atoms with Gasteiger partial charge in [-0.1, -0.05) is 91.0 Å². The third-order valence-electron chi connectivity index (χ3n) is 12.0. The van der Waals surface area contributed by atoms with Crippen LogP contribution < -0.4 is 26.4 Å². The predicted octanol–water partition coefficient (Wildman–Crippen LogP) is 14.6. The van der Waals surface area contributed by atoms with E-state index in [9.17, 15) is 110 Å². The summed E-state index contributed by atoms with van der Waals surface area (Å²) in [5, 5.41) is 1.10. The van der Waals surface area contributed by atoms with Crippen molar-refractivity contribution >= 4 is 44.9 Å². The summed E-state index contributed by atoms with van der Waals surface area (Å²) in [7, 11) is 0. The molecule has 0 N–H and O–H groups in total. The Kier molecular flexibility index (Phi) is 16.4. The van der Waals surface area contributed by atoms with Crippen molar-refractivity contribution in [1.29, 1.82) is 0 Å². The zero-order valence-corrected chi connectivity index (χ0v) is 39.1. The summed E-state index contributed by atoms with van der Waals surface area (Å²) in [6.07, 6.45) is -54.8. The number of aromatic nitrogens is 1. The van der Waals surface area contributed by atoms with E-state index in [4.69, 9.17) is 4.74 Å². The molecule has 0 spiro atoms. The van der Waals surface area contributed by atoms with Crippen LogP contribution in [0.1, 0.15) is 67.5 Å². The van der Waals surface area contributed by atoms with E-state index in [1.165, 1.54) is 0 Å². The van der Waals surface area contributed by atoms with Gasteiger partial charge in [0.2, 0.25) is 5.52 Å². The molecule has 6 aromatic carbocycles. The van der Waals surface area contributed by atoms with Gasteiger partial charge in [-0.2, -0.15) is 132 Å². The number of nitrogens with zero attached hydrogens (tertiary/aromatic N) is 1. The molecule has 7 rings (SSSR count). The predicted molar refractivity (Wildman–Crippen MR) is 236 cm³/mol. The number of hydrogen-bond acceptors (Lipinski definition) is 2. The first kappa shape index (κ1) is 60.8. The highest BCUT2D eigenvalue weighted by molar-refractivity contribution is 7.20. The number of esters is 1. The summed E-state index contributed by atoms with van der Waals surface area (Å²) in [6.45, 7) is 2.83. The zero-order valence-electron chi connectivity index (χ0n) is 39.1. The second kappa shape index (κ2) is 21.3. The molecule has 0 saturated heterocycles. The standard InChI is InChI=1S/C32H12BF24.C19H18NO2/c34-25(35,36)13-1-14(26(37,38)39)6-21(5-13)33(22-7-15(27(40,41)42)2-16(8-22)28(43,44)45,23-9-17(29(46,47)48)3-18(10-23)30(49,50)51)24-11-19(31(52,53)54)4-20(12-24)32(55,56)57;1-2-22-19(21)18-13-12-16-10-6-7-11-17(16)20(18)14-15-8-4-3-5-9-15/h1-12H;3-13H,2,14H2,1H3/q-1;+1. The summed E-state index contributed by atoms with van der Waals surface area (Å²) in [4.78, 5) is 12.3. The summed E-state index contributed by atoms with van der Waals surface area (Å²) in [5.74, 6) is -0.288. The molecule has 79 heavy (non-hydrogen) atoms. The summed E-state index contributed by atoms with van der Waals surface area (Å²) < 4.78 is 348. The maximum atomic E-state index is 14.2. The number of fused-ring (bicyclic) bond motifs is 1. The lowest BCUT2D eigenvalue weighted by Gasteiger charge is -2.46. The zero-order chi connectivity index (χ0) is 59.3. The van der Waals surface area contributed by atoms with Crippen LogP contribution in [0.15, 0.2) is 140 Å². The van der Waals surface area contributed by atoms with Crippen molar-refractivity contribution in [3.8, 4) is 0 Å². The van der Waals surface area contributed by atoms with E-state index in [1.807, 2.05) is 66.1 Å². The van der Waals surface area contributed by atoms with Gasteiger partial charge in [0.05, 0.1) is 51.1 Å². The topological polar surface area (TPSA) is 30.2 Å². The molecule has 7 aromatic rings. The molecule has 0 aliphatic carbocycles. The van der Waals surface area contributed by atoms with E-state index >= 15 is 0 Å². The number of rotatable bonds is 8. The maximum absolute atomic E-state index is 14.2. The lowest BCUT2D eigenvalue weighted by Crippen LogP contribution is -2.75. The van der Waals surface area contributed by atoms with Crippen molar-refractivity contribution < 1.29 is 119 Å². The first-order chi connectivity index (χ1) is 36.1. The van der Waals surface area contributed by atoms with Crippen LogP contribution in [0.4, 0.5) is 105 Å². The smallest absolute Gasteiger partial charge is 0.416 e. The van der Waals surface area contributed by atoms with Crippen LogP contribution in [0.2, 0.25) is 0 Å². The number of para-hydroxylation sites is 1. The number of hydrogen-bond donors (Lipinski definition) is 0. The molecular weight excluding hydrogens is 1130 g/mol. The van der Waals surface area contributed by atoms with Crippen molar-refractivity contribution in [2.45, 2.75) is 62.9 Å². The number of ether oxygens (including phenoxy) is 1. The second-order valence-corrected chi connectivity index (χ2v) is 17.3. The summed E-state index contributed by atoms with van der Waals surface area (Å²) in [5.41, 5.74) is -27.5. The molecule has 422 valence electrons. The third kappa shape index (κ3) is 13.7. The minimum absolute atomic E-state index is 0.288. The van der Waals surface area contributed by atoms with Gasteiger partial charge in [0, 0.05) is 23.1 Å².